The fraction of sp³-hybridized carbons (Fsp3) is 0.444. The summed E-state index contributed by atoms with van der Waals surface area (Å²) in [4.78, 5) is 7.97. The molecule has 158 valence electrons. The Balaban J connectivity index is 1.98. The predicted octanol–water partition coefficient (Wildman–Crippen LogP) is 4.48. The van der Waals surface area contributed by atoms with Crippen LogP contribution >= 0.6 is 0 Å². The second-order valence-electron chi connectivity index (χ2n) is 6.93. The number of nitrogens with zero attached hydrogens (tertiary/aromatic N) is 2. The van der Waals surface area contributed by atoms with Crippen molar-refractivity contribution in [2.24, 2.45) is 0 Å². The van der Waals surface area contributed by atoms with Gasteiger partial charge in [0.05, 0.1) is 29.1 Å². The van der Waals surface area contributed by atoms with E-state index in [9.17, 15) is 31.4 Å². The highest BCUT2D eigenvalue weighted by atomic mass is 19.4. The van der Waals surface area contributed by atoms with Crippen LogP contribution in [0.25, 0.3) is 11.3 Å². The van der Waals surface area contributed by atoms with Crippen LogP contribution in [-0.4, -0.2) is 27.2 Å². The summed E-state index contributed by atoms with van der Waals surface area (Å²) < 4.78 is 78.5. The van der Waals surface area contributed by atoms with E-state index in [0.717, 1.165) is 6.20 Å². The van der Waals surface area contributed by atoms with Gasteiger partial charge in [-0.25, -0.2) is 9.97 Å². The van der Waals surface area contributed by atoms with E-state index in [0.29, 0.717) is 37.8 Å². The van der Waals surface area contributed by atoms with E-state index in [1.54, 1.807) is 0 Å². The average Bonchev–Trinajstić information content (AvgIpc) is 2.63. The van der Waals surface area contributed by atoms with Crippen molar-refractivity contribution in [2.45, 2.75) is 50.2 Å². The molecule has 0 saturated heterocycles. The van der Waals surface area contributed by atoms with E-state index in [2.05, 4.69) is 15.3 Å². The Morgan fingerprint density at radius 3 is 2.00 bits per heavy atom. The summed E-state index contributed by atoms with van der Waals surface area (Å²) in [5.74, 6) is 0.0535. The highest BCUT2D eigenvalue weighted by Gasteiger charge is 2.37. The molecule has 0 atom stereocenters. The highest BCUT2D eigenvalue weighted by molar-refractivity contribution is 5.67. The number of hydrogen-bond acceptors (Lipinski definition) is 5. The third-order valence-electron chi connectivity index (χ3n) is 4.72. The van der Waals surface area contributed by atoms with Gasteiger partial charge in [-0.1, -0.05) is 0 Å². The number of hydrogen-bond donors (Lipinski definition) is 3. The summed E-state index contributed by atoms with van der Waals surface area (Å²) in [5, 5.41) is 12.6. The number of halogens is 6. The zero-order chi connectivity index (χ0) is 21.4. The first-order chi connectivity index (χ1) is 13.4. The molecular formula is C18H18F6N4O. The molecular weight excluding hydrogens is 402 g/mol. The molecule has 1 saturated carbocycles. The van der Waals surface area contributed by atoms with Crippen LogP contribution in [0.15, 0.2) is 24.4 Å². The van der Waals surface area contributed by atoms with Crippen molar-refractivity contribution in [3.63, 3.8) is 0 Å². The Kier molecular flexibility index (Phi) is 5.61. The lowest BCUT2D eigenvalue weighted by Crippen LogP contribution is -2.29. The molecule has 11 heteroatoms. The van der Waals surface area contributed by atoms with E-state index in [1.165, 1.54) is 0 Å². The second-order valence-corrected chi connectivity index (χ2v) is 6.93. The minimum Gasteiger partial charge on any atom is -0.393 e. The second kappa shape index (κ2) is 7.69. The van der Waals surface area contributed by atoms with Crippen LogP contribution < -0.4 is 11.1 Å². The van der Waals surface area contributed by atoms with Crippen LogP contribution in [0.1, 0.15) is 36.8 Å². The quantitative estimate of drug-likeness (QED) is 0.638. The molecule has 5 nitrogen and oxygen atoms in total. The van der Waals surface area contributed by atoms with Gasteiger partial charge in [0.25, 0.3) is 0 Å². The predicted molar refractivity (Wildman–Crippen MR) is 93.8 cm³/mol. The summed E-state index contributed by atoms with van der Waals surface area (Å²) in [7, 11) is 0. The summed E-state index contributed by atoms with van der Waals surface area (Å²) in [6.07, 6.45) is -6.92. The molecule has 0 spiro atoms. The first kappa shape index (κ1) is 21.2. The molecule has 0 bridgehead atoms. The lowest BCUT2D eigenvalue weighted by molar-refractivity contribution is -0.143. The lowest BCUT2D eigenvalue weighted by atomic mass is 9.93. The van der Waals surface area contributed by atoms with E-state index in [4.69, 9.17) is 5.73 Å². The number of aliphatic hydroxyl groups is 1. The number of benzene rings is 1. The van der Waals surface area contributed by atoms with E-state index >= 15 is 0 Å². The van der Waals surface area contributed by atoms with Crippen LogP contribution in [0.3, 0.4) is 0 Å². The number of anilines is 2. The van der Waals surface area contributed by atoms with Crippen molar-refractivity contribution >= 4 is 11.6 Å². The largest absolute Gasteiger partial charge is 0.416 e. The number of nitrogens with one attached hydrogen (secondary N) is 1. The summed E-state index contributed by atoms with van der Waals surface area (Å²) in [6.45, 7) is 0. The molecule has 3 rings (SSSR count). The van der Waals surface area contributed by atoms with Crippen LogP contribution in [0.2, 0.25) is 0 Å². The van der Waals surface area contributed by atoms with Crippen molar-refractivity contribution in [3.05, 3.63) is 35.5 Å². The first-order valence-electron chi connectivity index (χ1n) is 8.80. The topological polar surface area (TPSA) is 84.1 Å². The minimum absolute atomic E-state index is 0.0251. The van der Waals surface area contributed by atoms with Gasteiger partial charge in [-0.2, -0.15) is 26.3 Å². The van der Waals surface area contributed by atoms with Gasteiger partial charge in [0.2, 0.25) is 0 Å². The van der Waals surface area contributed by atoms with Gasteiger partial charge in [0, 0.05) is 11.6 Å². The minimum atomic E-state index is -4.96. The molecule has 1 heterocycles. The maximum absolute atomic E-state index is 13.1. The van der Waals surface area contributed by atoms with E-state index < -0.39 is 29.6 Å². The molecule has 2 aromatic rings. The van der Waals surface area contributed by atoms with Crippen LogP contribution in [0, 0.1) is 0 Å². The van der Waals surface area contributed by atoms with Gasteiger partial charge in [0.1, 0.15) is 0 Å². The SMILES string of the molecule is Nc1ncc(-c2cc(C(F)(F)F)cc(C(F)(F)F)c2)nc1NC1CCC(O)CC1. The van der Waals surface area contributed by atoms with Gasteiger partial charge in [-0.3, -0.25) is 0 Å². The fourth-order valence-electron chi connectivity index (χ4n) is 3.16. The number of nitrogen functional groups attached to an aromatic ring is 1. The molecule has 0 aliphatic heterocycles. The first-order valence-corrected chi connectivity index (χ1v) is 8.80. The summed E-state index contributed by atoms with van der Waals surface area (Å²) >= 11 is 0. The smallest absolute Gasteiger partial charge is 0.393 e. The van der Waals surface area contributed by atoms with Crippen LogP contribution in [0.5, 0.6) is 0 Å². The molecule has 1 fully saturated rings. The number of aliphatic hydroxyl groups excluding tert-OH is 1. The molecule has 1 aliphatic carbocycles. The van der Waals surface area contributed by atoms with Crippen LogP contribution in [0.4, 0.5) is 38.0 Å². The maximum Gasteiger partial charge on any atom is 0.416 e. The Bertz CT molecular complexity index is 843. The Labute approximate surface area is 162 Å². The van der Waals surface area contributed by atoms with Crippen molar-refractivity contribution in [2.75, 3.05) is 11.1 Å². The molecule has 4 N–H and O–H groups in total. The highest BCUT2D eigenvalue weighted by Crippen LogP contribution is 2.38. The molecule has 1 aromatic heterocycles. The molecule has 0 amide bonds. The van der Waals surface area contributed by atoms with Gasteiger partial charge in [-0.05, 0) is 43.9 Å². The third kappa shape index (κ3) is 5.08. The zero-order valence-electron chi connectivity index (χ0n) is 15.0. The van der Waals surface area contributed by atoms with Gasteiger partial charge < -0.3 is 16.2 Å². The number of alkyl halides is 6. The summed E-state index contributed by atoms with van der Waals surface area (Å²) in [5.41, 5.74) is 2.35. The van der Waals surface area contributed by atoms with Gasteiger partial charge in [-0.15, -0.1) is 0 Å². The molecule has 29 heavy (non-hydrogen) atoms. The van der Waals surface area contributed by atoms with E-state index in [-0.39, 0.29) is 35.0 Å². The van der Waals surface area contributed by atoms with E-state index in [1.807, 2.05) is 0 Å². The molecule has 1 aromatic carbocycles. The lowest BCUT2D eigenvalue weighted by Gasteiger charge is -2.27. The van der Waals surface area contributed by atoms with Gasteiger partial charge >= 0.3 is 12.4 Å². The molecule has 1 aliphatic rings. The fourth-order valence-corrected chi connectivity index (χ4v) is 3.16. The third-order valence-corrected chi connectivity index (χ3v) is 4.72. The zero-order valence-corrected chi connectivity index (χ0v) is 15.0. The Morgan fingerprint density at radius 1 is 0.931 bits per heavy atom. The van der Waals surface area contributed by atoms with Gasteiger partial charge in [0.15, 0.2) is 11.6 Å². The average molecular weight is 420 g/mol. The maximum atomic E-state index is 13.1. The van der Waals surface area contributed by atoms with Crippen molar-refractivity contribution in [1.82, 2.24) is 9.97 Å². The van der Waals surface area contributed by atoms with Crippen molar-refractivity contribution in [1.29, 1.82) is 0 Å². The van der Waals surface area contributed by atoms with Crippen LogP contribution in [-0.2, 0) is 12.4 Å². The number of aromatic nitrogens is 2. The van der Waals surface area contributed by atoms with Crippen molar-refractivity contribution in [3.8, 4) is 11.3 Å². The number of nitrogens with two attached hydrogens (primary N) is 1. The molecule has 0 unspecified atom stereocenters. The Hall–Kier alpha value is -2.56. The normalized spacial score (nSPS) is 20.5. The number of rotatable bonds is 3. The molecule has 0 radical (unpaired) electrons. The monoisotopic (exact) mass is 420 g/mol. The Morgan fingerprint density at radius 2 is 1.48 bits per heavy atom. The standard InChI is InChI=1S/C18H18F6N4O/c19-17(20,21)10-5-9(6-11(7-10)18(22,23)24)14-8-26-15(25)16(28-14)27-12-1-3-13(29)4-2-12/h5-8,12-13,29H,1-4H2,(H2,25,26)(H,27,28). The van der Waals surface area contributed by atoms with Crippen molar-refractivity contribution < 1.29 is 31.4 Å². The summed E-state index contributed by atoms with van der Waals surface area (Å²) in [6, 6.07) is 1.16.